The molecule has 0 atom stereocenters. The molecule has 2 aliphatic heterocycles. The van der Waals surface area contributed by atoms with Gasteiger partial charge in [-0.2, -0.15) is 0 Å². The number of nitrogens with one attached hydrogen (secondary N) is 2. The SMILES string of the molecule is O=C1NCc2c(CO)ccc(-c3cc4cc(CN5CCCCC5)ccc4[nH]3)c21. The fourth-order valence-electron chi connectivity index (χ4n) is 4.58. The van der Waals surface area contributed by atoms with E-state index in [-0.39, 0.29) is 12.5 Å². The smallest absolute Gasteiger partial charge is 0.252 e. The molecular weight excluding hydrogens is 350 g/mol. The molecule has 144 valence electrons. The Morgan fingerprint density at radius 3 is 2.71 bits per heavy atom. The lowest BCUT2D eigenvalue weighted by atomic mass is 9.96. The van der Waals surface area contributed by atoms with Crippen molar-refractivity contribution in [1.82, 2.24) is 15.2 Å². The van der Waals surface area contributed by atoms with Gasteiger partial charge in [-0.05, 0) is 60.8 Å². The number of hydrogen-bond acceptors (Lipinski definition) is 3. The second kappa shape index (κ2) is 7.08. The fraction of sp³-hybridized carbons (Fsp3) is 0.348. The van der Waals surface area contributed by atoms with Gasteiger partial charge in [0.25, 0.3) is 5.91 Å². The van der Waals surface area contributed by atoms with Crippen LogP contribution in [-0.2, 0) is 19.7 Å². The minimum atomic E-state index is -0.0651. The van der Waals surface area contributed by atoms with Crippen molar-refractivity contribution in [3.8, 4) is 11.3 Å². The summed E-state index contributed by atoms with van der Waals surface area (Å²) in [6, 6.07) is 12.6. The van der Waals surface area contributed by atoms with Crippen LogP contribution in [0.1, 0.15) is 46.3 Å². The minimum absolute atomic E-state index is 0.0515. The molecule has 0 radical (unpaired) electrons. The van der Waals surface area contributed by atoms with Crippen LogP contribution in [0.3, 0.4) is 0 Å². The topological polar surface area (TPSA) is 68.4 Å². The van der Waals surface area contributed by atoms with Gasteiger partial charge in [0.2, 0.25) is 0 Å². The number of carbonyl (C=O) groups excluding carboxylic acids is 1. The van der Waals surface area contributed by atoms with Crippen molar-refractivity contribution in [3.05, 3.63) is 58.7 Å². The van der Waals surface area contributed by atoms with E-state index in [0.29, 0.717) is 12.1 Å². The van der Waals surface area contributed by atoms with Gasteiger partial charge in [-0.3, -0.25) is 9.69 Å². The number of benzene rings is 2. The summed E-state index contributed by atoms with van der Waals surface area (Å²) in [5.41, 5.74) is 6.67. The van der Waals surface area contributed by atoms with E-state index in [9.17, 15) is 9.90 Å². The highest BCUT2D eigenvalue weighted by atomic mass is 16.3. The van der Waals surface area contributed by atoms with Crippen molar-refractivity contribution in [2.75, 3.05) is 13.1 Å². The molecule has 5 nitrogen and oxygen atoms in total. The zero-order valence-electron chi connectivity index (χ0n) is 15.9. The maximum atomic E-state index is 12.4. The van der Waals surface area contributed by atoms with Gasteiger partial charge in [0.15, 0.2) is 0 Å². The Bertz CT molecular complexity index is 1050. The largest absolute Gasteiger partial charge is 0.392 e. The molecule has 3 N–H and O–H groups in total. The first-order valence-electron chi connectivity index (χ1n) is 10.1. The highest BCUT2D eigenvalue weighted by Gasteiger charge is 2.26. The molecule has 28 heavy (non-hydrogen) atoms. The van der Waals surface area contributed by atoms with Crippen LogP contribution in [0.4, 0.5) is 0 Å². The summed E-state index contributed by atoms with van der Waals surface area (Å²) >= 11 is 0. The Hall–Kier alpha value is -2.63. The molecule has 1 aromatic heterocycles. The van der Waals surface area contributed by atoms with E-state index in [1.807, 2.05) is 12.1 Å². The molecular formula is C23H25N3O2. The van der Waals surface area contributed by atoms with E-state index in [4.69, 9.17) is 0 Å². The van der Waals surface area contributed by atoms with Crippen molar-refractivity contribution >= 4 is 16.8 Å². The van der Waals surface area contributed by atoms with Gasteiger partial charge < -0.3 is 15.4 Å². The number of amides is 1. The Morgan fingerprint density at radius 1 is 1.04 bits per heavy atom. The van der Waals surface area contributed by atoms with Crippen molar-refractivity contribution in [1.29, 1.82) is 0 Å². The van der Waals surface area contributed by atoms with E-state index in [2.05, 4.69) is 39.5 Å². The van der Waals surface area contributed by atoms with Gasteiger partial charge in [0.05, 0.1) is 12.2 Å². The Kier molecular flexibility index (Phi) is 4.41. The average molecular weight is 375 g/mol. The van der Waals surface area contributed by atoms with Crippen LogP contribution in [0.5, 0.6) is 0 Å². The van der Waals surface area contributed by atoms with Gasteiger partial charge in [-0.15, -0.1) is 0 Å². The lowest BCUT2D eigenvalue weighted by Crippen LogP contribution is -2.28. The molecule has 0 unspecified atom stereocenters. The third-order valence-corrected chi connectivity index (χ3v) is 6.06. The summed E-state index contributed by atoms with van der Waals surface area (Å²) < 4.78 is 0. The van der Waals surface area contributed by atoms with E-state index in [1.54, 1.807) is 0 Å². The number of aliphatic hydroxyl groups excluding tert-OH is 1. The van der Waals surface area contributed by atoms with Crippen molar-refractivity contribution in [2.24, 2.45) is 0 Å². The molecule has 5 heteroatoms. The summed E-state index contributed by atoms with van der Waals surface area (Å²) in [4.78, 5) is 18.4. The highest BCUT2D eigenvalue weighted by molar-refractivity contribution is 6.05. The molecule has 3 aromatic rings. The van der Waals surface area contributed by atoms with Crippen LogP contribution in [0, 0.1) is 0 Å². The van der Waals surface area contributed by atoms with Crippen molar-refractivity contribution in [2.45, 2.75) is 39.0 Å². The van der Waals surface area contributed by atoms with Gasteiger partial charge in [0, 0.05) is 35.2 Å². The maximum absolute atomic E-state index is 12.4. The number of aromatic nitrogens is 1. The summed E-state index contributed by atoms with van der Waals surface area (Å²) in [5.74, 6) is -0.0651. The van der Waals surface area contributed by atoms with Crippen LogP contribution in [0.15, 0.2) is 36.4 Å². The van der Waals surface area contributed by atoms with E-state index < -0.39 is 0 Å². The third kappa shape index (κ3) is 3.01. The second-order valence-electron chi connectivity index (χ2n) is 7.91. The van der Waals surface area contributed by atoms with Gasteiger partial charge in [-0.1, -0.05) is 24.6 Å². The lowest BCUT2D eigenvalue weighted by molar-refractivity contribution is 0.0966. The number of fused-ring (bicyclic) bond motifs is 2. The number of piperidine rings is 1. The van der Waals surface area contributed by atoms with Crippen LogP contribution in [0.2, 0.25) is 0 Å². The second-order valence-corrected chi connectivity index (χ2v) is 7.91. The molecule has 0 bridgehead atoms. The van der Waals surface area contributed by atoms with Crippen LogP contribution < -0.4 is 5.32 Å². The number of carbonyl (C=O) groups is 1. The zero-order chi connectivity index (χ0) is 19.1. The first-order chi connectivity index (χ1) is 13.7. The standard InChI is InChI=1S/C23H25N3O2/c27-14-16-5-6-18(22-19(16)12-24-23(22)28)21-11-17-10-15(4-7-20(17)25-21)13-26-8-2-1-3-9-26/h4-7,10-11,25,27H,1-3,8-9,12-14H2,(H,24,28). The molecule has 1 saturated heterocycles. The van der Waals surface area contributed by atoms with E-state index in [1.165, 1.54) is 43.3 Å². The van der Waals surface area contributed by atoms with Crippen molar-refractivity contribution in [3.63, 3.8) is 0 Å². The van der Waals surface area contributed by atoms with E-state index in [0.717, 1.165) is 34.4 Å². The number of rotatable bonds is 4. The fourth-order valence-corrected chi connectivity index (χ4v) is 4.58. The third-order valence-electron chi connectivity index (χ3n) is 6.06. The number of H-pyrrole nitrogens is 1. The maximum Gasteiger partial charge on any atom is 0.252 e. The van der Waals surface area contributed by atoms with Crippen molar-refractivity contribution < 1.29 is 9.90 Å². The summed E-state index contributed by atoms with van der Waals surface area (Å²) in [5, 5.41) is 13.6. The molecule has 2 aromatic carbocycles. The monoisotopic (exact) mass is 375 g/mol. The van der Waals surface area contributed by atoms with Crippen LogP contribution >= 0.6 is 0 Å². The predicted octanol–water partition coefficient (Wildman–Crippen LogP) is 3.56. The number of aromatic amines is 1. The predicted molar refractivity (Wildman–Crippen MR) is 110 cm³/mol. The molecule has 0 aliphatic carbocycles. The summed E-state index contributed by atoms with van der Waals surface area (Å²) in [6.45, 7) is 3.81. The first-order valence-corrected chi connectivity index (χ1v) is 10.1. The number of hydrogen-bond donors (Lipinski definition) is 3. The molecule has 0 saturated carbocycles. The van der Waals surface area contributed by atoms with Crippen LogP contribution in [0.25, 0.3) is 22.2 Å². The Morgan fingerprint density at radius 2 is 1.89 bits per heavy atom. The minimum Gasteiger partial charge on any atom is -0.392 e. The summed E-state index contributed by atoms with van der Waals surface area (Å²) in [7, 11) is 0. The molecule has 2 aliphatic rings. The first kappa shape index (κ1) is 17.5. The molecule has 5 rings (SSSR count). The molecule has 1 fully saturated rings. The number of aliphatic hydroxyl groups is 1. The number of nitrogens with zero attached hydrogens (tertiary/aromatic N) is 1. The van der Waals surface area contributed by atoms with E-state index >= 15 is 0 Å². The van der Waals surface area contributed by atoms with Gasteiger partial charge in [-0.25, -0.2) is 0 Å². The lowest BCUT2D eigenvalue weighted by Gasteiger charge is -2.26. The average Bonchev–Trinajstić information content (AvgIpc) is 3.32. The molecule has 1 amide bonds. The zero-order valence-corrected chi connectivity index (χ0v) is 15.9. The normalized spacial score (nSPS) is 17.1. The quantitative estimate of drug-likeness (QED) is 0.653. The summed E-state index contributed by atoms with van der Waals surface area (Å²) in [6.07, 6.45) is 3.95. The Labute approximate surface area is 164 Å². The highest BCUT2D eigenvalue weighted by Crippen LogP contribution is 2.33. The van der Waals surface area contributed by atoms with Crippen LogP contribution in [-0.4, -0.2) is 34.0 Å². The molecule has 0 spiro atoms. The van der Waals surface area contributed by atoms with Gasteiger partial charge >= 0.3 is 0 Å². The van der Waals surface area contributed by atoms with Gasteiger partial charge in [0.1, 0.15) is 0 Å². The Balaban J connectivity index is 1.51. The number of likely N-dealkylation sites (tertiary alicyclic amines) is 1. The molecule has 3 heterocycles.